The molecule has 0 aliphatic carbocycles. The molecule has 1 aromatic carbocycles. The van der Waals surface area contributed by atoms with Crippen molar-refractivity contribution in [3.8, 4) is 0 Å². The van der Waals surface area contributed by atoms with E-state index in [4.69, 9.17) is 0 Å². The lowest BCUT2D eigenvalue weighted by Gasteiger charge is -2.18. The fourth-order valence-electron chi connectivity index (χ4n) is 1.64. The fraction of sp³-hybridized carbons (Fsp3) is 0.467. The predicted molar refractivity (Wildman–Crippen MR) is 80.4 cm³/mol. The smallest absolute Gasteiger partial charge is 0.238 e. The molecule has 2 N–H and O–H groups in total. The van der Waals surface area contributed by atoms with Crippen molar-refractivity contribution < 1.29 is 9.59 Å². The van der Waals surface area contributed by atoms with Gasteiger partial charge in [-0.2, -0.15) is 0 Å². The molecule has 0 atom stereocenters. The van der Waals surface area contributed by atoms with Gasteiger partial charge in [0.2, 0.25) is 11.8 Å². The number of anilines is 1. The van der Waals surface area contributed by atoms with E-state index < -0.39 is 0 Å². The Labute approximate surface area is 120 Å². The Bertz CT molecular complexity index is 472. The number of benzene rings is 1. The molecule has 0 fully saturated rings. The first kappa shape index (κ1) is 16.2. The summed E-state index contributed by atoms with van der Waals surface area (Å²) in [6, 6.07) is 7.77. The third kappa shape index (κ3) is 5.40. The highest BCUT2D eigenvalue weighted by Gasteiger charge is 2.10. The topological polar surface area (TPSA) is 61.4 Å². The van der Waals surface area contributed by atoms with Crippen molar-refractivity contribution in [1.29, 1.82) is 0 Å². The Hall–Kier alpha value is -1.88. The van der Waals surface area contributed by atoms with Crippen LogP contribution in [-0.4, -0.2) is 36.3 Å². The number of amides is 2. The average molecular weight is 277 g/mol. The Morgan fingerprint density at radius 1 is 1.25 bits per heavy atom. The molecule has 0 heterocycles. The van der Waals surface area contributed by atoms with Crippen molar-refractivity contribution in [2.75, 3.05) is 18.9 Å². The minimum absolute atomic E-state index is 0.00685. The minimum atomic E-state index is -0.0865. The molecule has 5 heteroatoms. The van der Waals surface area contributed by atoms with Crippen LogP contribution in [-0.2, 0) is 16.1 Å². The van der Waals surface area contributed by atoms with Crippen LogP contribution < -0.4 is 10.6 Å². The molecule has 0 aromatic heterocycles. The molecule has 5 nitrogen and oxygen atoms in total. The van der Waals surface area contributed by atoms with E-state index >= 15 is 0 Å². The quantitative estimate of drug-likeness (QED) is 0.830. The first-order valence-corrected chi connectivity index (χ1v) is 6.73. The zero-order valence-corrected chi connectivity index (χ0v) is 12.6. The molecular weight excluding hydrogens is 254 g/mol. The van der Waals surface area contributed by atoms with E-state index in [1.807, 2.05) is 38.1 Å². The van der Waals surface area contributed by atoms with Gasteiger partial charge in [-0.05, 0) is 11.6 Å². The summed E-state index contributed by atoms with van der Waals surface area (Å²) in [5.74, 6) is -0.0933. The summed E-state index contributed by atoms with van der Waals surface area (Å²) in [5.41, 5.74) is 1.67. The number of carbonyl (C=O) groups is 2. The van der Waals surface area contributed by atoms with Crippen LogP contribution in [0.15, 0.2) is 24.3 Å². The minimum Gasteiger partial charge on any atom is -0.342 e. The van der Waals surface area contributed by atoms with E-state index in [1.54, 1.807) is 11.9 Å². The van der Waals surface area contributed by atoms with Crippen LogP contribution >= 0.6 is 0 Å². The molecule has 0 saturated heterocycles. The van der Waals surface area contributed by atoms with Crippen LogP contribution in [0.4, 0.5) is 5.69 Å². The normalized spacial score (nSPS) is 10.4. The molecule has 0 bridgehead atoms. The van der Waals surface area contributed by atoms with Crippen LogP contribution in [0.1, 0.15) is 26.3 Å². The van der Waals surface area contributed by atoms with E-state index in [0.29, 0.717) is 6.54 Å². The van der Waals surface area contributed by atoms with Gasteiger partial charge >= 0.3 is 0 Å². The zero-order chi connectivity index (χ0) is 15.1. The number of nitrogens with zero attached hydrogens (tertiary/aromatic N) is 1. The maximum atomic E-state index is 11.8. The molecule has 1 rings (SSSR count). The van der Waals surface area contributed by atoms with Gasteiger partial charge in [0.15, 0.2) is 0 Å². The van der Waals surface area contributed by atoms with Gasteiger partial charge in [-0.25, -0.2) is 0 Å². The van der Waals surface area contributed by atoms with Crippen molar-refractivity contribution in [3.63, 3.8) is 0 Å². The number of nitrogens with one attached hydrogen (secondary N) is 2. The molecule has 0 saturated carbocycles. The van der Waals surface area contributed by atoms with Gasteiger partial charge in [-0.1, -0.05) is 32.0 Å². The molecular formula is C15H23N3O2. The first-order valence-electron chi connectivity index (χ1n) is 6.73. The summed E-state index contributed by atoms with van der Waals surface area (Å²) in [4.78, 5) is 24.7. The molecule has 110 valence electrons. The molecule has 2 amide bonds. The molecule has 0 spiro atoms. The summed E-state index contributed by atoms with van der Waals surface area (Å²) in [6.45, 7) is 6.25. The second-order valence-corrected chi connectivity index (χ2v) is 5.12. The Balaban J connectivity index is 2.70. The van der Waals surface area contributed by atoms with Crippen LogP contribution in [0.5, 0.6) is 0 Å². The third-order valence-electron chi connectivity index (χ3n) is 2.91. The number of hydrogen-bond acceptors (Lipinski definition) is 3. The van der Waals surface area contributed by atoms with E-state index in [-0.39, 0.29) is 24.4 Å². The molecule has 20 heavy (non-hydrogen) atoms. The maximum Gasteiger partial charge on any atom is 0.238 e. The van der Waals surface area contributed by atoms with Gasteiger partial charge in [0.25, 0.3) is 0 Å². The fourth-order valence-corrected chi connectivity index (χ4v) is 1.64. The number of rotatable bonds is 6. The summed E-state index contributed by atoms with van der Waals surface area (Å²) in [7, 11) is 1.74. The number of hydrogen-bond donors (Lipinski definition) is 2. The van der Waals surface area contributed by atoms with Crippen molar-refractivity contribution in [1.82, 2.24) is 10.2 Å². The summed E-state index contributed by atoms with van der Waals surface area (Å²) < 4.78 is 0. The van der Waals surface area contributed by atoms with Gasteiger partial charge in [-0.15, -0.1) is 0 Å². The second-order valence-electron chi connectivity index (χ2n) is 5.12. The molecule has 0 aliphatic heterocycles. The molecule has 0 aliphatic rings. The highest BCUT2D eigenvalue weighted by atomic mass is 16.2. The van der Waals surface area contributed by atoms with Gasteiger partial charge in [0.1, 0.15) is 0 Å². The van der Waals surface area contributed by atoms with Gasteiger partial charge < -0.3 is 15.5 Å². The Kier molecular flexibility index (Phi) is 6.18. The van der Waals surface area contributed by atoms with Crippen LogP contribution in [0.2, 0.25) is 0 Å². The lowest BCUT2D eigenvalue weighted by molar-refractivity contribution is -0.128. The summed E-state index contributed by atoms with van der Waals surface area (Å²) in [5, 5.41) is 5.94. The van der Waals surface area contributed by atoms with E-state index in [1.165, 1.54) is 6.92 Å². The number of carbonyl (C=O) groups excluding carboxylic acids is 2. The second kappa shape index (κ2) is 7.65. The lowest BCUT2D eigenvalue weighted by Crippen LogP contribution is -2.33. The van der Waals surface area contributed by atoms with Crippen molar-refractivity contribution >= 4 is 17.5 Å². The predicted octanol–water partition coefficient (Wildman–Crippen LogP) is 1.60. The SMILES string of the molecule is CC(=O)N(C)Cc1ccccc1NC(=O)CNC(C)C. The average Bonchev–Trinajstić information content (AvgIpc) is 2.38. The van der Waals surface area contributed by atoms with Crippen LogP contribution in [0.3, 0.4) is 0 Å². The largest absolute Gasteiger partial charge is 0.342 e. The van der Waals surface area contributed by atoms with Crippen molar-refractivity contribution in [2.24, 2.45) is 0 Å². The first-order chi connectivity index (χ1) is 9.40. The van der Waals surface area contributed by atoms with E-state index in [9.17, 15) is 9.59 Å². The third-order valence-corrected chi connectivity index (χ3v) is 2.91. The molecule has 1 aromatic rings. The maximum absolute atomic E-state index is 11.8. The van der Waals surface area contributed by atoms with Gasteiger partial charge in [0.05, 0.1) is 6.54 Å². The summed E-state index contributed by atoms with van der Waals surface area (Å²) in [6.07, 6.45) is 0. The van der Waals surface area contributed by atoms with Crippen LogP contribution in [0, 0.1) is 0 Å². The molecule has 0 unspecified atom stereocenters. The number of para-hydroxylation sites is 1. The van der Waals surface area contributed by atoms with Gasteiger partial charge in [0, 0.05) is 32.2 Å². The standard InChI is InChI=1S/C15H23N3O2/c1-11(2)16-9-15(20)17-14-8-6-5-7-13(14)10-18(4)12(3)19/h5-8,11,16H,9-10H2,1-4H3,(H,17,20). The van der Waals surface area contributed by atoms with Gasteiger partial charge in [-0.3, -0.25) is 9.59 Å². The molecule has 0 radical (unpaired) electrons. The lowest BCUT2D eigenvalue weighted by atomic mass is 10.1. The van der Waals surface area contributed by atoms with Crippen molar-refractivity contribution in [2.45, 2.75) is 33.4 Å². The highest BCUT2D eigenvalue weighted by Crippen LogP contribution is 2.16. The van der Waals surface area contributed by atoms with E-state index in [2.05, 4.69) is 10.6 Å². The Morgan fingerprint density at radius 2 is 1.90 bits per heavy atom. The monoisotopic (exact) mass is 277 g/mol. The highest BCUT2D eigenvalue weighted by molar-refractivity contribution is 5.93. The van der Waals surface area contributed by atoms with E-state index in [0.717, 1.165) is 11.3 Å². The van der Waals surface area contributed by atoms with Crippen LogP contribution in [0.25, 0.3) is 0 Å². The summed E-state index contributed by atoms with van der Waals surface area (Å²) >= 11 is 0. The Morgan fingerprint density at radius 3 is 2.50 bits per heavy atom. The van der Waals surface area contributed by atoms with Crippen molar-refractivity contribution in [3.05, 3.63) is 29.8 Å². The zero-order valence-electron chi connectivity index (χ0n) is 12.6.